The normalized spacial score (nSPS) is 10.5. The van der Waals surface area contributed by atoms with Crippen LogP contribution in [0.25, 0.3) is 0 Å². The molecular formula is C12H10F2N2O2S. The number of hydrogen-bond acceptors (Lipinski definition) is 4. The van der Waals surface area contributed by atoms with Crippen molar-refractivity contribution in [3.63, 3.8) is 0 Å². The summed E-state index contributed by atoms with van der Waals surface area (Å²) in [5.74, 6) is -0.182. The summed E-state index contributed by atoms with van der Waals surface area (Å²) < 4.78 is 28.1. The summed E-state index contributed by atoms with van der Waals surface area (Å²) in [6, 6.07) is 6.07. The van der Waals surface area contributed by atoms with Crippen LogP contribution in [0.1, 0.15) is 16.1 Å². The van der Waals surface area contributed by atoms with Gasteiger partial charge in [-0.15, -0.1) is 11.3 Å². The van der Waals surface area contributed by atoms with Crippen molar-refractivity contribution in [3.8, 4) is 5.75 Å². The number of aromatic nitrogens is 1. The Morgan fingerprint density at radius 3 is 2.68 bits per heavy atom. The fourth-order valence-corrected chi connectivity index (χ4v) is 1.92. The maximum atomic E-state index is 11.9. The Hall–Kier alpha value is -2.02. The lowest BCUT2D eigenvalue weighted by atomic mass is 10.2. The molecule has 0 aliphatic rings. The summed E-state index contributed by atoms with van der Waals surface area (Å²) in [4.78, 5) is 15.5. The molecule has 0 unspecified atom stereocenters. The van der Waals surface area contributed by atoms with Crippen molar-refractivity contribution in [1.29, 1.82) is 0 Å². The van der Waals surface area contributed by atoms with Crippen molar-refractivity contribution >= 4 is 17.2 Å². The molecule has 19 heavy (non-hydrogen) atoms. The van der Waals surface area contributed by atoms with E-state index in [1.54, 1.807) is 23.0 Å². The predicted molar refractivity (Wildman–Crippen MR) is 66.4 cm³/mol. The number of alkyl halides is 2. The van der Waals surface area contributed by atoms with Crippen molar-refractivity contribution in [2.24, 2.45) is 0 Å². The van der Waals surface area contributed by atoms with Gasteiger partial charge in [0.15, 0.2) is 0 Å². The number of benzene rings is 1. The largest absolute Gasteiger partial charge is 0.435 e. The summed E-state index contributed by atoms with van der Waals surface area (Å²) in [5.41, 5.74) is 2.72. The van der Waals surface area contributed by atoms with Gasteiger partial charge in [0.05, 0.1) is 5.51 Å². The van der Waals surface area contributed by atoms with Gasteiger partial charge in [0, 0.05) is 11.9 Å². The van der Waals surface area contributed by atoms with Crippen molar-refractivity contribution < 1.29 is 18.3 Å². The second-order valence-corrected chi connectivity index (χ2v) is 4.30. The van der Waals surface area contributed by atoms with Crippen LogP contribution in [0.4, 0.5) is 8.78 Å². The maximum Gasteiger partial charge on any atom is 0.387 e. The highest BCUT2D eigenvalue weighted by molar-refractivity contribution is 7.07. The topological polar surface area (TPSA) is 51.2 Å². The molecule has 1 aromatic heterocycles. The van der Waals surface area contributed by atoms with Crippen molar-refractivity contribution in [2.75, 3.05) is 0 Å². The van der Waals surface area contributed by atoms with Crippen LogP contribution in [0.15, 0.2) is 35.2 Å². The third kappa shape index (κ3) is 3.99. The number of amides is 1. The lowest BCUT2D eigenvalue weighted by Crippen LogP contribution is -2.22. The van der Waals surface area contributed by atoms with Gasteiger partial charge in [0.1, 0.15) is 11.4 Å². The van der Waals surface area contributed by atoms with Gasteiger partial charge in [0.25, 0.3) is 5.91 Å². The molecule has 1 N–H and O–H groups in total. The average molecular weight is 284 g/mol. The lowest BCUT2D eigenvalue weighted by molar-refractivity contribution is -0.0498. The third-order valence-electron chi connectivity index (χ3n) is 2.27. The van der Waals surface area contributed by atoms with E-state index in [9.17, 15) is 13.6 Å². The highest BCUT2D eigenvalue weighted by Crippen LogP contribution is 2.14. The molecule has 0 radical (unpaired) electrons. The third-order valence-corrected chi connectivity index (χ3v) is 2.85. The first-order chi connectivity index (χ1) is 9.15. The van der Waals surface area contributed by atoms with Gasteiger partial charge in [-0.05, 0) is 17.7 Å². The molecule has 0 aliphatic heterocycles. The zero-order chi connectivity index (χ0) is 13.7. The first kappa shape index (κ1) is 13.4. The smallest absolute Gasteiger partial charge is 0.387 e. The summed E-state index contributed by atoms with van der Waals surface area (Å²) in [5, 5.41) is 4.33. The van der Waals surface area contributed by atoms with Crippen LogP contribution in [0.5, 0.6) is 5.75 Å². The molecule has 0 saturated heterocycles. The molecule has 2 aromatic rings. The Balaban J connectivity index is 1.88. The van der Waals surface area contributed by atoms with E-state index in [0.717, 1.165) is 5.56 Å². The van der Waals surface area contributed by atoms with Crippen LogP contribution in [0.3, 0.4) is 0 Å². The van der Waals surface area contributed by atoms with Crippen LogP contribution in [0, 0.1) is 0 Å². The molecular weight excluding hydrogens is 274 g/mol. The van der Waals surface area contributed by atoms with E-state index in [1.807, 2.05) is 0 Å². The van der Waals surface area contributed by atoms with Crippen LogP contribution in [0.2, 0.25) is 0 Å². The zero-order valence-electron chi connectivity index (χ0n) is 9.68. The Bertz CT molecular complexity index is 529. The Morgan fingerprint density at radius 2 is 2.11 bits per heavy atom. The highest BCUT2D eigenvalue weighted by Gasteiger charge is 2.07. The van der Waals surface area contributed by atoms with Gasteiger partial charge in [-0.2, -0.15) is 8.78 Å². The van der Waals surface area contributed by atoms with Gasteiger partial charge in [0.2, 0.25) is 0 Å². The van der Waals surface area contributed by atoms with Crippen molar-refractivity contribution in [3.05, 3.63) is 46.4 Å². The van der Waals surface area contributed by atoms with Crippen LogP contribution >= 0.6 is 11.3 Å². The van der Waals surface area contributed by atoms with Crippen LogP contribution in [-0.2, 0) is 6.54 Å². The van der Waals surface area contributed by atoms with Crippen LogP contribution in [-0.4, -0.2) is 17.5 Å². The number of carbonyl (C=O) groups is 1. The fourth-order valence-electron chi connectivity index (χ4n) is 1.39. The Kier molecular flexibility index (Phi) is 4.40. The fraction of sp³-hybridized carbons (Fsp3) is 0.167. The van der Waals surface area contributed by atoms with Crippen molar-refractivity contribution in [1.82, 2.24) is 10.3 Å². The number of hydrogen-bond donors (Lipinski definition) is 1. The highest BCUT2D eigenvalue weighted by atomic mass is 32.1. The zero-order valence-corrected chi connectivity index (χ0v) is 10.5. The Labute approximate surface area is 112 Å². The molecule has 0 bridgehead atoms. The molecule has 1 heterocycles. The molecule has 0 saturated carbocycles. The summed E-state index contributed by atoms with van der Waals surface area (Å²) in [6.45, 7) is -2.54. The second-order valence-electron chi connectivity index (χ2n) is 3.58. The number of rotatable bonds is 5. The number of nitrogens with zero attached hydrogens (tertiary/aromatic N) is 1. The van der Waals surface area contributed by atoms with E-state index in [4.69, 9.17) is 0 Å². The first-order valence-electron chi connectivity index (χ1n) is 5.35. The molecule has 4 nitrogen and oxygen atoms in total. The van der Waals surface area contributed by atoms with E-state index < -0.39 is 6.61 Å². The summed E-state index contributed by atoms with van der Waals surface area (Å²) in [7, 11) is 0. The van der Waals surface area contributed by atoms with E-state index in [0.29, 0.717) is 12.2 Å². The monoisotopic (exact) mass is 284 g/mol. The van der Waals surface area contributed by atoms with Gasteiger partial charge >= 0.3 is 6.61 Å². The minimum Gasteiger partial charge on any atom is -0.435 e. The number of halogens is 2. The molecule has 0 aliphatic carbocycles. The molecule has 7 heteroatoms. The molecule has 1 aromatic carbocycles. The quantitative estimate of drug-likeness (QED) is 0.918. The number of ether oxygens (including phenoxy) is 1. The van der Waals surface area contributed by atoms with E-state index in [-0.39, 0.29) is 11.7 Å². The number of carbonyl (C=O) groups excluding carboxylic acids is 1. The average Bonchev–Trinajstić information content (AvgIpc) is 2.91. The Morgan fingerprint density at radius 1 is 1.37 bits per heavy atom. The molecule has 1 amide bonds. The molecule has 2 rings (SSSR count). The van der Waals surface area contributed by atoms with Crippen LogP contribution < -0.4 is 10.1 Å². The standard InChI is InChI=1S/C12H10F2N2O2S/c13-12(14)18-9-3-1-8(2-4-9)5-15-11(17)10-6-19-7-16-10/h1-4,6-7,12H,5H2,(H,15,17). The first-order valence-corrected chi connectivity index (χ1v) is 6.29. The van der Waals surface area contributed by atoms with Gasteiger partial charge in [-0.25, -0.2) is 4.98 Å². The summed E-state index contributed by atoms with van der Waals surface area (Å²) in [6.07, 6.45) is 0. The van der Waals surface area contributed by atoms with E-state index >= 15 is 0 Å². The maximum absolute atomic E-state index is 11.9. The molecule has 0 fully saturated rings. The number of nitrogens with one attached hydrogen (secondary N) is 1. The van der Waals surface area contributed by atoms with Gasteiger partial charge in [-0.1, -0.05) is 12.1 Å². The predicted octanol–water partition coefficient (Wildman–Crippen LogP) is 2.67. The van der Waals surface area contributed by atoms with Crippen molar-refractivity contribution in [2.45, 2.75) is 13.2 Å². The summed E-state index contributed by atoms with van der Waals surface area (Å²) >= 11 is 1.34. The van der Waals surface area contributed by atoms with E-state index in [2.05, 4.69) is 15.0 Å². The number of thiazole rings is 1. The molecule has 0 spiro atoms. The minimum absolute atomic E-state index is 0.0876. The van der Waals surface area contributed by atoms with Gasteiger partial charge < -0.3 is 10.1 Å². The van der Waals surface area contributed by atoms with E-state index in [1.165, 1.54) is 23.5 Å². The minimum atomic E-state index is -2.84. The molecule has 0 atom stereocenters. The van der Waals surface area contributed by atoms with Gasteiger partial charge in [-0.3, -0.25) is 4.79 Å². The molecule has 100 valence electrons. The lowest BCUT2D eigenvalue weighted by Gasteiger charge is -2.06. The SMILES string of the molecule is O=C(NCc1ccc(OC(F)F)cc1)c1cscn1. The second kappa shape index (κ2) is 6.24.